The number of nitrogens with one attached hydrogen (secondary N) is 2. The predicted octanol–water partition coefficient (Wildman–Crippen LogP) is 1.44. The van der Waals surface area contributed by atoms with E-state index in [2.05, 4.69) is 32.7 Å². The molecule has 2 N–H and O–H groups in total. The first kappa shape index (κ1) is 15.0. The molecule has 2 aromatic rings. The number of aryl methyl sites for hydroxylation is 1. The molecule has 21 heavy (non-hydrogen) atoms. The molecule has 2 aromatic heterocycles. The fraction of sp³-hybridized carbons (Fsp3) is 0.429. The fourth-order valence-electron chi connectivity index (χ4n) is 1.86. The van der Waals surface area contributed by atoms with Crippen molar-refractivity contribution in [1.82, 2.24) is 25.1 Å². The Labute approximate surface area is 123 Å². The number of aromatic nitrogens is 4. The highest BCUT2D eigenvalue weighted by atomic mass is 16.1. The van der Waals surface area contributed by atoms with Gasteiger partial charge in [-0.25, -0.2) is 0 Å². The molecule has 112 valence electrons. The van der Waals surface area contributed by atoms with Crippen LogP contribution in [-0.2, 0) is 13.1 Å². The zero-order chi connectivity index (χ0) is 15.1. The van der Waals surface area contributed by atoms with Gasteiger partial charge in [-0.15, -0.1) is 10.2 Å². The third-order valence-corrected chi connectivity index (χ3v) is 3.02. The molecule has 0 unspecified atom stereocenters. The van der Waals surface area contributed by atoms with Gasteiger partial charge in [-0.05, 0) is 25.5 Å². The van der Waals surface area contributed by atoms with Gasteiger partial charge < -0.3 is 15.2 Å². The molecular weight excluding hydrogens is 268 g/mol. The van der Waals surface area contributed by atoms with Crippen molar-refractivity contribution < 1.29 is 4.79 Å². The van der Waals surface area contributed by atoms with Crippen LogP contribution in [0, 0.1) is 0 Å². The first-order valence-electron chi connectivity index (χ1n) is 7.09. The third kappa shape index (κ3) is 4.01. The number of hydrogen-bond acceptors (Lipinski definition) is 5. The molecule has 2 heterocycles. The van der Waals surface area contributed by atoms with Crippen molar-refractivity contribution in [3.63, 3.8) is 0 Å². The lowest BCUT2D eigenvalue weighted by molar-refractivity contribution is 0.0944. The SMILES string of the molecule is CCCNc1ccnc(C(=O)NCc2nncn2CC)c1. The van der Waals surface area contributed by atoms with Crippen molar-refractivity contribution in [1.29, 1.82) is 0 Å². The number of anilines is 1. The van der Waals surface area contributed by atoms with Gasteiger partial charge in [0.05, 0.1) is 6.54 Å². The summed E-state index contributed by atoms with van der Waals surface area (Å²) in [5.41, 5.74) is 1.28. The Morgan fingerprint density at radius 2 is 2.24 bits per heavy atom. The molecule has 0 radical (unpaired) electrons. The van der Waals surface area contributed by atoms with E-state index in [0.717, 1.165) is 31.0 Å². The van der Waals surface area contributed by atoms with E-state index < -0.39 is 0 Å². The minimum absolute atomic E-state index is 0.221. The van der Waals surface area contributed by atoms with Crippen LogP contribution in [0.5, 0.6) is 0 Å². The maximum absolute atomic E-state index is 12.1. The lowest BCUT2D eigenvalue weighted by atomic mass is 10.3. The molecule has 0 bridgehead atoms. The van der Waals surface area contributed by atoms with Crippen molar-refractivity contribution in [2.24, 2.45) is 0 Å². The second kappa shape index (κ2) is 7.37. The smallest absolute Gasteiger partial charge is 0.270 e. The molecule has 0 fully saturated rings. The average molecular weight is 288 g/mol. The minimum Gasteiger partial charge on any atom is -0.385 e. The second-order valence-corrected chi connectivity index (χ2v) is 4.57. The van der Waals surface area contributed by atoms with Gasteiger partial charge in [-0.3, -0.25) is 9.78 Å². The standard InChI is InChI=1S/C14H20N6O/c1-3-6-15-11-5-7-16-12(8-11)14(21)17-9-13-19-18-10-20(13)4-2/h5,7-8,10H,3-4,6,9H2,1-2H3,(H,15,16)(H,17,21). The summed E-state index contributed by atoms with van der Waals surface area (Å²) in [6.07, 6.45) is 4.30. The molecule has 7 heteroatoms. The predicted molar refractivity (Wildman–Crippen MR) is 79.9 cm³/mol. The van der Waals surface area contributed by atoms with Crippen LogP contribution in [0.15, 0.2) is 24.7 Å². The van der Waals surface area contributed by atoms with Crippen molar-refractivity contribution in [3.05, 3.63) is 36.2 Å². The Bertz CT molecular complexity index is 595. The summed E-state index contributed by atoms with van der Waals surface area (Å²) in [5, 5.41) is 13.8. The first-order chi connectivity index (χ1) is 10.2. The molecule has 0 aliphatic rings. The highest BCUT2D eigenvalue weighted by Gasteiger charge is 2.10. The van der Waals surface area contributed by atoms with Crippen molar-refractivity contribution in [2.75, 3.05) is 11.9 Å². The monoisotopic (exact) mass is 288 g/mol. The van der Waals surface area contributed by atoms with Crippen LogP contribution >= 0.6 is 0 Å². The van der Waals surface area contributed by atoms with E-state index in [1.165, 1.54) is 0 Å². The van der Waals surface area contributed by atoms with Crippen LogP contribution in [-0.4, -0.2) is 32.2 Å². The highest BCUT2D eigenvalue weighted by Crippen LogP contribution is 2.08. The van der Waals surface area contributed by atoms with Crippen LogP contribution < -0.4 is 10.6 Å². The maximum Gasteiger partial charge on any atom is 0.270 e. The van der Waals surface area contributed by atoms with Gasteiger partial charge in [0.1, 0.15) is 12.0 Å². The summed E-state index contributed by atoms with van der Waals surface area (Å²) >= 11 is 0. The van der Waals surface area contributed by atoms with Gasteiger partial charge >= 0.3 is 0 Å². The van der Waals surface area contributed by atoms with Gasteiger partial charge in [0.15, 0.2) is 5.82 Å². The summed E-state index contributed by atoms with van der Waals surface area (Å²) in [6, 6.07) is 3.59. The second-order valence-electron chi connectivity index (χ2n) is 4.57. The fourth-order valence-corrected chi connectivity index (χ4v) is 1.86. The molecule has 0 aromatic carbocycles. The van der Waals surface area contributed by atoms with Gasteiger partial charge in [0.2, 0.25) is 0 Å². The molecule has 2 rings (SSSR count). The molecule has 7 nitrogen and oxygen atoms in total. The van der Waals surface area contributed by atoms with Gasteiger partial charge in [-0.1, -0.05) is 6.92 Å². The Balaban J connectivity index is 1.97. The van der Waals surface area contributed by atoms with Crippen LogP contribution in [0.1, 0.15) is 36.6 Å². The molecule has 0 atom stereocenters. The molecular formula is C14H20N6O. The molecule has 0 aliphatic carbocycles. The molecule has 0 saturated carbocycles. The van der Waals surface area contributed by atoms with Crippen LogP contribution in [0.25, 0.3) is 0 Å². The molecule has 1 amide bonds. The summed E-state index contributed by atoms with van der Waals surface area (Å²) < 4.78 is 1.88. The van der Waals surface area contributed by atoms with Gasteiger partial charge in [0.25, 0.3) is 5.91 Å². The van der Waals surface area contributed by atoms with E-state index >= 15 is 0 Å². The number of carbonyl (C=O) groups is 1. The number of pyridine rings is 1. The van der Waals surface area contributed by atoms with Gasteiger partial charge in [-0.2, -0.15) is 0 Å². The number of nitrogens with zero attached hydrogens (tertiary/aromatic N) is 4. The molecule has 0 aliphatic heterocycles. The Morgan fingerprint density at radius 1 is 1.38 bits per heavy atom. The van der Waals surface area contributed by atoms with Crippen LogP contribution in [0.4, 0.5) is 5.69 Å². The van der Waals surface area contributed by atoms with Crippen molar-refractivity contribution in [2.45, 2.75) is 33.4 Å². The van der Waals surface area contributed by atoms with Crippen LogP contribution in [0.2, 0.25) is 0 Å². The van der Waals surface area contributed by atoms with Crippen molar-refractivity contribution in [3.8, 4) is 0 Å². The van der Waals surface area contributed by atoms with Gasteiger partial charge in [0, 0.05) is 25.0 Å². The molecule has 0 saturated heterocycles. The summed E-state index contributed by atoms with van der Waals surface area (Å²) in [6.45, 7) is 6.06. The third-order valence-electron chi connectivity index (χ3n) is 3.02. The number of rotatable bonds is 7. The highest BCUT2D eigenvalue weighted by molar-refractivity contribution is 5.92. The summed E-state index contributed by atoms with van der Waals surface area (Å²) in [7, 11) is 0. The summed E-state index contributed by atoms with van der Waals surface area (Å²) in [4.78, 5) is 16.2. The minimum atomic E-state index is -0.221. The van der Waals surface area contributed by atoms with E-state index in [4.69, 9.17) is 0 Å². The Hall–Kier alpha value is -2.44. The number of amides is 1. The summed E-state index contributed by atoms with van der Waals surface area (Å²) in [5.74, 6) is 0.506. The van der Waals surface area contributed by atoms with E-state index in [9.17, 15) is 4.79 Å². The first-order valence-corrected chi connectivity index (χ1v) is 7.09. The van der Waals surface area contributed by atoms with E-state index in [0.29, 0.717) is 12.2 Å². The van der Waals surface area contributed by atoms with Crippen molar-refractivity contribution >= 4 is 11.6 Å². The number of carbonyl (C=O) groups excluding carboxylic acids is 1. The Morgan fingerprint density at radius 3 is 3.00 bits per heavy atom. The van der Waals surface area contributed by atoms with E-state index in [-0.39, 0.29) is 5.91 Å². The normalized spacial score (nSPS) is 10.4. The zero-order valence-corrected chi connectivity index (χ0v) is 12.3. The quantitative estimate of drug-likeness (QED) is 0.805. The lowest BCUT2D eigenvalue weighted by Crippen LogP contribution is -2.25. The van der Waals surface area contributed by atoms with E-state index in [1.807, 2.05) is 17.6 Å². The number of hydrogen-bond donors (Lipinski definition) is 2. The largest absolute Gasteiger partial charge is 0.385 e. The Kier molecular flexibility index (Phi) is 5.25. The lowest BCUT2D eigenvalue weighted by Gasteiger charge is -2.08. The average Bonchev–Trinajstić information content (AvgIpc) is 2.98. The maximum atomic E-state index is 12.1. The topological polar surface area (TPSA) is 84.7 Å². The zero-order valence-electron chi connectivity index (χ0n) is 12.3. The van der Waals surface area contributed by atoms with Crippen LogP contribution in [0.3, 0.4) is 0 Å². The van der Waals surface area contributed by atoms with E-state index in [1.54, 1.807) is 18.6 Å². The molecule has 0 spiro atoms.